The molecule has 7 nitrogen and oxygen atoms in total. The number of carbonyl (C=O) groups is 1. The van der Waals surface area contributed by atoms with E-state index in [0.717, 1.165) is 47.8 Å². The lowest BCUT2D eigenvalue weighted by Gasteiger charge is -2.31. The average molecular weight is 476 g/mol. The number of benzene rings is 1. The van der Waals surface area contributed by atoms with Crippen molar-refractivity contribution in [3.8, 4) is 11.4 Å². The third-order valence-corrected chi connectivity index (χ3v) is 8.39. The summed E-state index contributed by atoms with van der Waals surface area (Å²) in [5, 5.41) is 15.9. The molecule has 0 unspecified atom stereocenters. The minimum atomic E-state index is -1.87. The molecular formula is C27H26FN3O4. The molecule has 0 amide bonds. The van der Waals surface area contributed by atoms with Crippen LogP contribution >= 0.6 is 0 Å². The third kappa shape index (κ3) is 2.75. The maximum absolute atomic E-state index is 14.9. The first-order chi connectivity index (χ1) is 16.8. The van der Waals surface area contributed by atoms with Gasteiger partial charge in [0.2, 0.25) is 0 Å². The number of aliphatic hydroxyl groups is 1. The summed E-state index contributed by atoms with van der Waals surface area (Å²) in [6, 6.07) is 3.81. The van der Waals surface area contributed by atoms with Crippen LogP contribution in [0.5, 0.6) is 0 Å². The number of nitrogens with zero attached hydrogens (tertiary/aromatic N) is 2. The SMILES string of the molecule is CC[C@@]1(O)C(=O)OCc2c1cc1n(c2=O)Cc2c-1nc1cc(F)c(C)c3c1c2[C@@H](NC1CC1)CC3. The van der Waals surface area contributed by atoms with Crippen LogP contribution in [0.1, 0.15) is 72.0 Å². The van der Waals surface area contributed by atoms with Gasteiger partial charge in [0.1, 0.15) is 12.4 Å². The van der Waals surface area contributed by atoms with E-state index in [9.17, 15) is 19.1 Å². The first-order valence-corrected chi connectivity index (χ1v) is 12.4. The number of aryl methyl sites for hydroxylation is 1. The fourth-order valence-electron chi connectivity index (χ4n) is 6.26. The monoisotopic (exact) mass is 475 g/mol. The normalized spacial score (nSPS) is 24.2. The second-order valence-electron chi connectivity index (χ2n) is 10.3. The zero-order valence-electron chi connectivity index (χ0n) is 19.7. The quantitative estimate of drug-likeness (QED) is 0.442. The molecule has 4 heterocycles. The fourth-order valence-corrected chi connectivity index (χ4v) is 6.26. The molecule has 2 aromatic heterocycles. The molecule has 1 aromatic carbocycles. The smallest absolute Gasteiger partial charge is 0.343 e. The van der Waals surface area contributed by atoms with Crippen LogP contribution in [-0.2, 0) is 34.7 Å². The highest BCUT2D eigenvalue weighted by molar-refractivity contribution is 5.93. The van der Waals surface area contributed by atoms with Crippen molar-refractivity contribution < 1.29 is 19.0 Å². The van der Waals surface area contributed by atoms with Crippen LogP contribution in [0.15, 0.2) is 16.9 Å². The number of esters is 1. The Morgan fingerprint density at radius 2 is 2.03 bits per heavy atom. The molecule has 35 heavy (non-hydrogen) atoms. The van der Waals surface area contributed by atoms with Gasteiger partial charge in [-0.2, -0.15) is 0 Å². The van der Waals surface area contributed by atoms with Crippen molar-refractivity contribution in [3.05, 3.63) is 61.7 Å². The highest BCUT2D eigenvalue weighted by Crippen LogP contribution is 2.46. The van der Waals surface area contributed by atoms with Crippen molar-refractivity contribution in [3.63, 3.8) is 0 Å². The number of pyridine rings is 2. The zero-order valence-corrected chi connectivity index (χ0v) is 19.7. The van der Waals surface area contributed by atoms with E-state index in [1.807, 2.05) is 6.92 Å². The molecule has 3 aromatic rings. The van der Waals surface area contributed by atoms with E-state index >= 15 is 0 Å². The summed E-state index contributed by atoms with van der Waals surface area (Å²) >= 11 is 0. The Hall–Kier alpha value is -3.10. The summed E-state index contributed by atoms with van der Waals surface area (Å²) in [7, 11) is 0. The number of rotatable bonds is 3. The molecular weight excluding hydrogens is 449 g/mol. The van der Waals surface area contributed by atoms with E-state index in [1.165, 1.54) is 6.07 Å². The summed E-state index contributed by atoms with van der Waals surface area (Å²) in [5.41, 5.74) is 3.96. The Morgan fingerprint density at radius 3 is 2.77 bits per heavy atom. The van der Waals surface area contributed by atoms with Crippen molar-refractivity contribution in [2.24, 2.45) is 0 Å². The summed E-state index contributed by atoms with van der Waals surface area (Å²) in [6.45, 7) is 3.71. The molecule has 8 heteroatoms. The largest absolute Gasteiger partial charge is 0.458 e. The van der Waals surface area contributed by atoms with Gasteiger partial charge in [-0.1, -0.05) is 6.92 Å². The molecule has 0 radical (unpaired) electrons. The number of hydrogen-bond donors (Lipinski definition) is 2. The van der Waals surface area contributed by atoms with E-state index in [-0.39, 0.29) is 30.4 Å². The molecule has 2 N–H and O–H groups in total. The Balaban J connectivity index is 1.53. The molecule has 0 bridgehead atoms. The number of carbonyl (C=O) groups excluding carboxylic acids is 1. The Kier molecular flexibility index (Phi) is 4.23. The van der Waals surface area contributed by atoms with Gasteiger partial charge in [0.05, 0.1) is 29.0 Å². The molecule has 0 spiro atoms. The van der Waals surface area contributed by atoms with Gasteiger partial charge in [0.25, 0.3) is 5.56 Å². The van der Waals surface area contributed by atoms with Crippen molar-refractivity contribution in [2.75, 3.05) is 0 Å². The Morgan fingerprint density at radius 1 is 1.23 bits per heavy atom. The molecule has 0 saturated heterocycles. The zero-order chi connectivity index (χ0) is 24.2. The minimum Gasteiger partial charge on any atom is -0.458 e. The van der Waals surface area contributed by atoms with Gasteiger partial charge < -0.3 is 19.7 Å². The topological polar surface area (TPSA) is 93.5 Å². The number of nitrogens with one attached hydrogen (secondary N) is 1. The summed E-state index contributed by atoms with van der Waals surface area (Å²) in [4.78, 5) is 30.9. The van der Waals surface area contributed by atoms with E-state index < -0.39 is 11.6 Å². The molecule has 2 aliphatic carbocycles. The van der Waals surface area contributed by atoms with Crippen molar-refractivity contribution in [1.29, 1.82) is 0 Å². The molecule has 1 saturated carbocycles. The number of hydrogen-bond acceptors (Lipinski definition) is 6. The lowest BCUT2D eigenvalue weighted by atomic mass is 9.81. The number of cyclic esters (lactones) is 1. The lowest BCUT2D eigenvalue weighted by Crippen LogP contribution is -2.44. The van der Waals surface area contributed by atoms with Crippen LogP contribution in [0.3, 0.4) is 0 Å². The first-order valence-electron chi connectivity index (χ1n) is 12.4. The van der Waals surface area contributed by atoms with Crippen LogP contribution in [0.4, 0.5) is 4.39 Å². The van der Waals surface area contributed by atoms with E-state index in [4.69, 9.17) is 9.72 Å². The maximum atomic E-state index is 14.9. The van der Waals surface area contributed by atoms with Crippen LogP contribution in [0, 0.1) is 12.7 Å². The third-order valence-electron chi connectivity index (χ3n) is 8.39. The van der Waals surface area contributed by atoms with Gasteiger partial charge in [-0.25, -0.2) is 14.2 Å². The average Bonchev–Trinajstić information content (AvgIpc) is 3.59. The highest BCUT2D eigenvalue weighted by Gasteiger charge is 2.46. The lowest BCUT2D eigenvalue weighted by molar-refractivity contribution is -0.172. The van der Waals surface area contributed by atoms with E-state index in [0.29, 0.717) is 46.2 Å². The fraction of sp³-hybridized carbons (Fsp3) is 0.444. The maximum Gasteiger partial charge on any atom is 0.343 e. The standard InChI is InChI=1S/C27H26FN3O4/c1-3-27(34)17-8-21-24-15(10-31(21)25(32)16(17)11-35-26(27)33)23-19(29-13-4-5-13)7-6-14-12(2)18(28)9-20(30-24)22(14)23/h8-9,13,19,29,34H,3-7,10-11H2,1-2H3/t19-,27-/m0/s1. The number of fused-ring (bicyclic) bond motifs is 5. The summed E-state index contributed by atoms with van der Waals surface area (Å²) in [5.74, 6) is -1.02. The van der Waals surface area contributed by atoms with Crippen molar-refractivity contribution >= 4 is 16.9 Å². The molecule has 1 fully saturated rings. The Bertz CT molecular complexity index is 1540. The number of halogens is 1. The van der Waals surface area contributed by atoms with E-state index in [1.54, 1.807) is 17.6 Å². The highest BCUT2D eigenvalue weighted by atomic mass is 19.1. The molecule has 2 aliphatic heterocycles. The number of aromatic nitrogens is 2. The Labute approximate surface area is 200 Å². The van der Waals surface area contributed by atoms with Gasteiger partial charge in [0.15, 0.2) is 5.60 Å². The van der Waals surface area contributed by atoms with Crippen molar-refractivity contribution in [2.45, 2.75) is 76.8 Å². The minimum absolute atomic E-state index is 0.0895. The number of ether oxygens (including phenoxy) is 1. The van der Waals surface area contributed by atoms with Crippen LogP contribution in [0.25, 0.3) is 22.3 Å². The predicted octanol–water partition coefficient (Wildman–Crippen LogP) is 3.27. The van der Waals surface area contributed by atoms with Crippen LogP contribution in [-0.4, -0.2) is 26.7 Å². The van der Waals surface area contributed by atoms with Gasteiger partial charge in [-0.05, 0) is 61.8 Å². The molecule has 4 aliphatic rings. The van der Waals surface area contributed by atoms with Gasteiger partial charge in [0, 0.05) is 34.7 Å². The van der Waals surface area contributed by atoms with Crippen LogP contribution < -0.4 is 10.9 Å². The molecule has 7 rings (SSSR count). The van der Waals surface area contributed by atoms with E-state index in [2.05, 4.69) is 5.32 Å². The van der Waals surface area contributed by atoms with Gasteiger partial charge >= 0.3 is 5.97 Å². The second-order valence-corrected chi connectivity index (χ2v) is 10.3. The second kappa shape index (κ2) is 6.98. The van der Waals surface area contributed by atoms with Gasteiger partial charge in [-0.15, -0.1) is 0 Å². The predicted molar refractivity (Wildman–Crippen MR) is 126 cm³/mol. The van der Waals surface area contributed by atoms with Crippen LogP contribution in [0.2, 0.25) is 0 Å². The van der Waals surface area contributed by atoms with Gasteiger partial charge in [-0.3, -0.25) is 4.79 Å². The van der Waals surface area contributed by atoms with Crippen molar-refractivity contribution in [1.82, 2.24) is 14.9 Å². The first kappa shape index (κ1) is 21.2. The summed E-state index contributed by atoms with van der Waals surface area (Å²) < 4.78 is 21.7. The molecule has 180 valence electrons. The molecule has 2 atom stereocenters. The summed E-state index contributed by atoms with van der Waals surface area (Å²) in [6.07, 6.45) is 4.03.